The van der Waals surface area contributed by atoms with E-state index in [4.69, 9.17) is 5.73 Å². The molecule has 4 aliphatic rings. The van der Waals surface area contributed by atoms with Gasteiger partial charge in [0, 0.05) is 5.54 Å². The summed E-state index contributed by atoms with van der Waals surface area (Å²) in [5.41, 5.74) is 6.15. The molecule has 0 atom stereocenters. The topological polar surface area (TPSA) is 83.8 Å². The molecule has 0 radical (unpaired) electrons. The van der Waals surface area contributed by atoms with Gasteiger partial charge in [-0.1, -0.05) is 0 Å². The molecule has 4 saturated carbocycles. The molecule has 5 nitrogen and oxygen atoms in total. The first kappa shape index (κ1) is 11.3. The van der Waals surface area contributed by atoms with Crippen LogP contribution in [0.5, 0.6) is 0 Å². The molecule has 1 amide bonds. The summed E-state index contributed by atoms with van der Waals surface area (Å²) < 4.78 is 0. The lowest BCUT2D eigenvalue weighted by atomic mass is 9.53. The second-order valence-electron chi connectivity index (χ2n) is 6.81. The van der Waals surface area contributed by atoms with Crippen LogP contribution in [0.25, 0.3) is 0 Å². The first-order valence-electron chi connectivity index (χ1n) is 7.25. The highest BCUT2D eigenvalue weighted by Gasteiger charge is 2.51. The zero-order valence-electron chi connectivity index (χ0n) is 11.0. The van der Waals surface area contributed by atoms with E-state index in [0.717, 1.165) is 37.0 Å². The Labute approximate surface area is 112 Å². The number of anilines is 1. The van der Waals surface area contributed by atoms with Gasteiger partial charge in [0.2, 0.25) is 0 Å². The van der Waals surface area contributed by atoms with Gasteiger partial charge in [0.25, 0.3) is 5.91 Å². The average molecular weight is 260 g/mol. The molecule has 4 aliphatic carbocycles. The fourth-order valence-corrected chi connectivity index (χ4v) is 5.05. The predicted molar refractivity (Wildman–Crippen MR) is 71.4 cm³/mol. The Morgan fingerprint density at radius 1 is 1.26 bits per heavy atom. The molecule has 4 fully saturated rings. The van der Waals surface area contributed by atoms with Crippen LogP contribution in [-0.4, -0.2) is 21.4 Å². The van der Waals surface area contributed by atoms with Crippen molar-refractivity contribution in [2.75, 3.05) is 5.73 Å². The van der Waals surface area contributed by atoms with Crippen molar-refractivity contribution in [1.82, 2.24) is 15.3 Å². The van der Waals surface area contributed by atoms with Gasteiger partial charge < -0.3 is 16.0 Å². The van der Waals surface area contributed by atoms with Crippen LogP contribution in [0.2, 0.25) is 0 Å². The number of nitrogens with one attached hydrogen (secondary N) is 2. The summed E-state index contributed by atoms with van der Waals surface area (Å²) in [6.07, 6.45) is 9.06. The third-order valence-electron chi connectivity index (χ3n) is 5.31. The third kappa shape index (κ3) is 1.75. The Balaban J connectivity index is 1.56. The van der Waals surface area contributed by atoms with Crippen molar-refractivity contribution in [3.05, 3.63) is 12.0 Å². The minimum absolute atomic E-state index is 0.0311. The van der Waals surface area contributed by atoms with Gasteiger partial charge in [-0.05, 0) is 56.3 Å². The molecule has 0 spiro atoms. The summed E-state index contributed by atoms with van der Waals surface area (Å²) in [7, 11) is 0. The van der Waals surface area contributed by atoms with Gasteiger partial charge in [-0.15, -0.1) is 0 Å². The van der Waals surface area contributed by atoms with Crippen molar-refractivity contribution >= 4 is 11.7 Å². The molecule has 4 bridgehead atoms. The largest absolute Gasteiger partial charge is 0.382 e. The number of amides is 1. The summed E-state index contributed by atoms with van der Waals surface area (Å²) >= 11 is 0. The Kier molecular flexibility index (Phi) is 2.23. The van der Waals surface area contributed by atoms with Crippen LogP contribution in [0, 0.1) is 17.8 Å². The van der Waals surface area contributed by atoms with Crippen molar-refractivity contribution in [1.29, 1.82) is 0 Å². The number of nitrogens with zero attached hydrogens (tertiary/aromatic N) is 1. The summed E-state index contributed by atoms with van der Waals surface area (Å²) in [4.78, 5) is 19.1. The number of nitrogens with two attached hydrogens (primary N) is 1. The SMILES string of the molecule is Nc1nc[nH]c1C(=O)NC12CC3CC(CC(C3)C1)C2. The number of aromatic nitrogens is 2. The molecule has 1 aromatic heterocycles. The average Bonchev–Trinajstić information content (AvgIpc) is 2.72. The maximum atomic E-state index is 12.3. The van der Waals surface area contributed by atoms with Crippen molar-refractivity contribution in [2.45, 2.75) is 44.1 Å². The number of hydrogen-bond acceptors (Lipinski definition) is 3. The smallest absolute Gasteiger partial charge is 0.272 e. The highest BCUT2D eigenvalue weighted by molar-refractivity contribution is 5.96. The van der Waals surface area contributed by atoms with E-state index >= 15 is 0 Å². The van der Waals surface area contributed by atoms with Crippen LogP contribution >= 0.6 is 0 Å². The fourth-order valence-electron chi connectivity index (χ4n) is 5.05. The normalized spacial score (nSPS) is 39.5. The first-order valence-corrected chi connectivity index (χ1v) is 7.25. The van der Waals surface area contributed by atoms with E-state index in [2.05, 4.69) is 15.3 Å². The van der Waals surface area contributed by atoms with Gasteiger partial charge in [-0.25, -0.2) is 4.98 Å². The van der Waals surface area contributed by atoms with E-state index in [1.165, 1.54) is 25.6 Å². The Hall–Kier alpha value is -1.52. The lowest BCUT2D eigenvalue weighted by molar-refractivity contribution is -0.0167. The maximum Gasteiger partial charge on any atom is 0.272 e. The minimum Gasteiger partial charge on any atom is -0.382 e. The second-order valence-corrected chi connectivity index (χ2v) is 6.81. The zero-order valence-corrected chi connectivity index (χ0v) is 11.0. The Morgan fingerprint density at radius 3 is 2.32 bits per heavy atom. The summed E-state index contributed by atoms with van der Waals surface area (Å²) in [5.74, 6) is 2.68. The van der Waals surface area contributed by atoms with Gasteiger partial charge in [0.15, 0.2) is 5.82 Å². The lowest BCUT2D eigenvalue weighted by Crippen LogP contribution is -2.59. The van der Waals surface area contributed by atoms with Crippen LogP contribution in [0.4, 0.5) is 5.82 Å². The van der Waals surface area contributed by atoms with E-state index in [1.54, 1.807) is 0 Å². The number of H-pyrrole nitrogens is 1. The number of nitrogen functional groups attached to an aromatic ring is 1. The van der Waals surface area contributed by atoms with E-state index in [1.807, 2.05) is 0 Å². The van der Waals surface area contributed by atoms with Crippen molar-refractivity contribution < 1.29 is 4.79 Å². The molecule has 1 heterocycles. The molecule has 19 heavy (non-hydrogen) atoms. The quantitative estimate of drug-likeness (QED) is 0.756. The Bertz CT molecular complexity index is 486. The number of hydrogen-bond donors (Lipinski definition) is 3. The van der Waals surface area contributed by atoms with Gasteiger partial charge >= 0.3 is 0 Å². The summed E-state index contributed by atoms with van der Waals surface area (Å²) in [5, 5.41) is 3.28. The predicted octanol–water partition coefficient (Wildman–Crippen LogP) is 1.69. The van der Waals surface area contributed by atoms with Crippen molar-refractivity contribution in [3.63, 3.8) is 0 Å². The summed E-state index contributed by atoms with van der Waals surface area (Å²) in [6, 6.07) is 0. The molecule has 0 unspecified atom stereocenters. The molecular formula is C14H20N4O. The molecule has 4 N–H and O–H groups in total. The fraction of sp³-hybridized carbons (Fsp3) is 0.714. The minimum atomic E-state index is -0.0862. The van der Waals surface area contributed by atoms with E-state index < -0.39 is 0 Å². The van der Waals surface area contributed by atoms with Gasteiger partial charge in [0.05, 0.1) is 6.33 Å². The first-order chi connectivity index (χ1) is 9.13. The maximum absolute atomic E-state index is 12.3. The molecule has 5 heteroatoms. The molecule has 0 saturated heterocycles. The molecule has 102 valence electrons. The standard InChI is InChI=1S/C14H20N4O/c15-12-11(16-7-17-12)13(19)18-14-4-8-1-9(5-14)3-10(2-8)6-14/h7-10H,1-6,15H2,(H,16,17)(H,18,19). The lowest BCUT2D eigenvalue weighted by Gasteiger charge is -2.56. The van der Waals surface area contributed by atoms with Gasteiger partial charge in [0.1, 0.15) is 5.69 Å². The number of carbonyl (C=O) groups excluding carboxylic acids is 1. The van der Waals surface area contributed by atoms with E-state index in [9.17, 15) is 4.79 Å². The number of aromatic amines is 1. The van der Waals surface area contributed by atoms with Crippen molar-refractivity contribution in [2.24, 2.45) is 17.8 Å². The van der Waals surface area contributed by atoms with Crippen LogP contribution in [0.3, 0.4) is 0 Å². The molecule has 0 aliphatic heterocycles. The zero-order chi connectivity index (χ0) is 13.0. The number of carbonyl (C=O) groups is 1. The van der Waals surface area contributed by atoms with E-state index in [0.29, 0.717) is 11.5 Å². The highest BCUT2D eigenvalue weighted by atomic mass is 16.2. The number of rotatable bonds is 2. The van der Waals surface area contributed by atoms with Crippen molar-refractivity contribution in [3.8, 4) is 0 Å². The van der Waals surface area contributed by atoms with Crippen LogP contribution in [-0.2, 0) is 0 Å². The van der Waals surface area contributed by atoms with Crippen LogP contribution in [0.1, 0.15) is 49.0 Å². The Morgan fingerprint density at radius 2 is 1.84 bits per heavy atom. The summed E-state index contributed by atoms with van der Waals surface area (Å²) in [6.45, 7) is 0. The molecular weight excluding hydrogens is 240 g/mol. The van der Waals surface area contributed by atoms with Gasteiger partial charge in [-0.2, -0.15) is 0 Å². The monoisotopic (exact) mass is 260 g/mol. The van der Waals surface area contributed by atoms with Crippen LogP contribution in [0.15, 0.2) is 6.33 Å². The van der Waals surface area contributed by atoms with Gasteiger partial charge in [-0.3, -0.25) is 4.79 Å². The molecule has 5 rings (SSSR count). The highest BCUT2D eigenvalue weighted by Crippen LogP contribution is 2.55. The third-order valence-corrected chi connectivity index (χ3v) is 5.31. The molecule has 0 aromatic carbocycles. The second kappa shape index (κ2) is 3.74. The molecule has 1 aromatic rings. The van der Waals surface area contributed by atoms with E-state index in [-0.39, 0.29) is 11.4 Å². The van der Waals surface area contributed by atoms with Crippen LogP contribution < -0.4 is 11.1 Å². The number of imidazole rings is 1.